The summed E-state index contributed by atoms with van der Waals surface area (Å²) in [6.07, 6.45) is 4.72. The van der Waals surface area contributed by atoms with Gasteiger partial charge in [0.2, 0.25) is 5.91 Å². The van der Waals surface area contributed by atoms with Crippen molar-refractivity contribution < 1.29 is 18.7 Å². The minimum atomic E-state index is -1.45. The lowest BCUT2D eigenvalue weighted by atomic mass is 9.94. The van der Waals surface area contributed by atoms with E-state index in [1.54, 1.807) is 29.0 Å². The van der Waals surface area contributed by atoms with Gasteiger partial charge in [-0.25, -0.2) is 13.8 Å². The predicted molar refractivity (Wildman–Crippen MR) is 172 cm³/mol. The van der Waals surface area contributed by atoms with E-state index in [1.165, 1.54) is 16.7 Å². The first kappa shape index (κ1) is 32.3. The Morgan fingerprint density at radius 1 is 1.20 bits per heavy atom. The molecule has 2 aliphatic heterocycles. The zero-order valence-corrected chi connectivity index (χ0v) is 26.7. The summed E-state index contributed by atoms with van der Waals surface area (Å²) in [5, 5.41) is 22.4. The maximum Gasteiger partial charge on any atom is 0.276 e. The molecule has 9 nitrogen and oxygen atoms in total. The van der Waals surface area contributed by atoms with Gasteiger partial charge in [-0.1, -0.05) is 55.2 Å². The highest BCUT2D eigenvalue weighted by atomic mass is 35.5. The number of piperazine rings is 1. The lowest BCUT2D eigenvalue weighted by molar-refractivity contribution is -0.126. The molecule has 0 unspecified atom stereocenters. The number of hydrogen-bond donors (Lipinski definition) is 2. The third-order valence-corrected chi connectivity index (χ3v) is 9.07. The monoisotopic (exact) mass is 674 g/mol. The second-order valence-electron chi connectivity index (χ2n) is 11.0. The normalized spacial score (nSPS) is 16.8. The van der Waals surface area contributed by atoms with E-state index in [1.807, 2.05) is 13.8 Å². The third-order valence-electron chi connectivity index (χ3n) is 7.96. The summed E-state index contributed by atoms with van der Waals surface area (Å²) in [5.41, 5.74) is -0.854. The van der Waals surface area contributed by atoms with Crippen LogP contribution in [0.25, 0.3) is 28.0 Å². The Morgan fingerprint density at radius 2 is 1.87 bits per heavy atom. The number of nitrogens with one attached hydrogen (secondary N) is 1. The zero-order valence-electron chi connectivity index (χ0n) is 24.4. The molecule has 4 heterocycles. The molecule has 0 radical (unpaired) electrons. The van der Waals surface area contributed by atoms with Gasteiger partial charge in [0.15, 0.2) is 17.4 Å². The number of carbonyl (C=O) groups excluding carboxylic acids is 1. The first-order valence-corrected chi connectivity index (χ1v) is 15.0. The van der Waals surface area contributed by atoms with Gasteiger partial charge in [0, 0.05) is 31.6 Å². The molecule has 5 rings (SSSR count). The summed E-state index contributed by atoms with van der Waals surface area (Å²) in [6.45, 7) is 10.3. The second-order valence-corrected chi connectivity index (χ2v) is 12.1. The first-order valence-electron chi connectivity index (χ1n) is 13.9. The Bertz CT molecular complexity index is 1910. The minimum Gasteiger partial charge on any atom is -0.504 e. The SMILES string of the molecule is C=CC(=O)N1CCN(c2c(C#N)c(=O)n(C3=C(C)C=CN[C@@H]3C(C)C)c3nc(-c4c(F)c(O)c(Cl)c(Cl)c4F)c(Cl)cc23)CC1. The average Bonchev–Trinajstić information content (AvgIpc) is 3.02. The van der Waals surface area contributed by atoms with E-state index in [2.05, 4.69) is 22.9 Å². The van der Waals surface area contributed by atoms with Gasteiger partial charge in [-0.3, -0.25) is 14.2 Å². The van der Waals surface area contributed by atoms with Gasteiger partial charge in [0.25, 0.3) is 5.56 Å². The number of nitrogens with zero attached hydrogens (tertiary/aromatic N) is 5. The number of nitriles is 1. The lowest BCUT2D eigenvalue weighted by Crippen LogP contribution is -2.49. The number of aromatic nitrogens is 2. The standard InChI is InChI=1S/C31H27Cl3F2N6O3/c1-5-19(43)40-8-10-41(11-9-40)28-16-12-18(32)26(20-23(35)21(33)22(34)29(44)24(20)36)39-30(16)42(31(45)17(28)13-37)27-15(4)6-7-38-25(27)14(2)3/h5-7,12,14,25,38,44H,1,8-11H2,2-4H3/t25-/m1/s1. The molecule has 2 aliphatic rings. The molecule has 0 saturated carbocycles. The fourth-order valence-electron chi connectivity index (χ4n) is 5.71. The van der Waals surface area contributed by atoms with Crippen molar-refractivity contribution in [1.82, 2.24) is 19.8 Å². The molecule has 1 saturated heterocycles. The highest BCUT2D eigenvalue weighted by Crippen LogP contribution is 2.45. The topological polar surface area (TPSA) is 114 Å². The van der Waals surface area contributed by atoms with Crippen molar-refractivity contribution in [2.24, 2.45) is 5.92 Å². The molecule has 45 heavy (non-hydrogen) atoms. The van der Waals surface area contributed by atoms with Crippen LogP contribution in [0.2, 0.25) is 15.1 Å². The molecule has 1 atom stereocenters. The van der Waals surface area contributed by atoms with E-state index in [-0.39, 0.29) is 65.3 Å². The number of phenolic OH excluding ortho intramolecular Hbond substituents is 1. The molecule has 2 N–H and O–H groups in total. The van der Waals surface area contributed by atoms with Crippen LogP contribution in [-0.2, 0) is 4.79 Å². The number of amides is 1. The number of carbonyl (C=O) groups is 1. The maximum atomic E-state index is 15.5. The van der Waals surface area contributed by atoms with Crippen molar-refractivity contribution in [2.75, 3.05) is 31.1 Å². The van der Waals surface area contributed by atoms with E-state index in [4.69, 9.17) is 34.8 Å². The van der Waals surface area contributed by atoms with Crippen LogP contribution in [0.4, 0.5) is 14.5 Å². The van der Waals surface area contributed by atoms with Crippen molar-refractivity contribution in [1.29, 1.82) is 5.26 Å². The maximum absolute atomic E-state index is 15.5. The van der Waals surface area contributed by atoms with E-state index >= 15 is 8.78 Å². The van der Waals surface area contributed by atoms with Crippen LogP contribution in [0.5, 0.6) is 5.75 Å². The Morgan fingerprint density at radius 3 is 2.47 bits per heavy atom. The number of hydrogen-bond acceptors (Lipinski definition) is 7. The van der Waals surface area contributed by atoms with Crippen molar-refractivity contribution in [3.8, 4) is 23.1 Å². The highest BCUT2D eigenvalue weighted by molar-refractivity contribution is 6.43. The number of anilines is 1. The Balaban J connectivity index is 1.90. The number of allylic oxidation sites excluding steroid dienone is 2. The predicted octanol–water partition coefficient (Wildman–Crippen LogP) is 6.09. The summed E-state index contributed by atoms with van der Waals surface area (Å²) in [7, 11) is 0. The summed E-state index contributed by atoms with van der Waals surface area (Å²) < 4.78 is 32.2. The molecule has 3 aromatic rings. The molecular formula is C31H27Cl3F2N6O3. The lowest BCUT2D eigenvalue weighted by Gasteiger charge is -2.37. The number of aromatic hydroxyl groups is 1. The van der Waals surface area contributed by atoms with Crippen LogP contribution in [0.15, 0.2) is 41.4 Å². The largest absolute Gasteiger partial charge is 0.504 e. The van der Waals surface area contributed by atoms with Gasteiger partial charge in [-0.15, -0.1) is 0 Å². The van der Waals surface area contributed by atoms with Gasteiger partial charge in [-0.05, 0) is 42.8 Å². The average molecular weight is 676 g/mol. The van der Waals surface area contributed by atoms with Gasteiger partial charge >= 0.3 is 0 Å². The number of benzene rings is 1. The quantitative estimate of drug-likeness (QED) is 0.191. The molecular weight excluding hydrogens is 649 g/mol. The van der Waals surface area contributed by atoms with Crippen LogP contribution in [-0.4, -0.2) is 57.7 Å². The van der Waals surface area contributed by atoms with Crippen molar-refractivity contribution >= 4 is 63.1 Å². The van der Waals surface area contributed by atoms with E-state index in [0.717, 1.165) is 0 Å². The molecule has 14 heteroatoms. The third kappa shape index (κ3) is 5.31. The molecule has 0 spiro atoms. The Labute approximate surface area is 272 Å². The van der Waals surface area contributed by atoms with E-state index < -0.39 is 50.3 Å². The number of halogens is 5. The number of fused-ring (bicyclic) bond motifs is 1. The van der Waals surface area contributed by atoms with Crippen LogP contribution < -0.4 is 15.8 Å². The number of rotatable bonds is 5. The van der Waals surface area contributed by atoms with E-state index in [9.17, 15) is 20.0 Å². The smallest absolute Gasteiger partial charge is 0.276 e. The molecule has 1 fully saturated rings. The first-order chi connectivity index (χ1) is 21.3. The Hall–Kier alpha value is -4.11. The van der Waals surface area contributed by atoms with E-state index in [0.29, 0.717) is 11.3 Å². The summed E-state index contributed by atoms with van der Waals surface area (Å²) in [5.74, 6) is -4.15. The van der Waals surface area contributed by atoms with Crippen LogP contribution in [0, 0.1) is 28.9 Å². The summed E-state index contributed by atoms with van der Waals surface area (Å²) in [4.78, 5) is 34.5. The molecule has 1 amide bonds. The van der Waals surface area contributed by atoms with Gasteiger partial charge in [0.1, 0.15) is 22.3 Å². The summed E-state index contributed by atoms with van der Waals surface area (Å²) in [6, 6.07) is 3.01. The Kier molecular flexibility index (Phi) is 8.86. The van der Waals surface area contributed by atoms with Gasteiger partial charge in [0.05, 0.1) is 38.7 Å². The van der Waals surface area contributed by atoms with Crippen LogP contribution >= 0.6 is 34.8 Å². The highest BCUT2D eigenvalue weighted by Gasteiger charge is 2.33. The fourth-order valence-corrected chi connectivity index (χ4v) is 6.31. The van der Waals surface area contributed by atoms with Crippen molar-refractivity contribution in [3.05, 3.63) is 79.2 Å². The second kappa shape index (κ2) is 12.4. The number of phenols is 1. The summed E-state index contributed by atoms with van der Waals surface area (Å²) >= 11 is 18.5. The number of dihydropyridines is 1. The van der Waals surface area contributed by atoms with Crippen LogP contribution in [0.1, 0.15) is 26.3 Å². The molecule has 1 aromatic carbocycles. The molecule has 234 valence electrons. The molecule has 0 aliphatic carbocycles. The van der Waals surface area contributed by atoms with Crippen molar-refractivity contribution in [2.45, 2.75) is 26.8 Å². The molecule has 0 bridgehead atoms. The van der Waals surface area contributed by atoms with Gasteiger partial charge in [-0.2, -0.15) is 5.26 Å². The van der Waals surface area contributed by atoms with Crippen LogP contribution in [0.3, 0.4) is 0 Å². The fraction of sp³-hybridized carbons (Fsp3) is 0.290. The van der Waals surface area contributed by atoms with Gasteiger partial charge < -0.3 is 20.2 Å². The minimum absolute atomic E-state index is 0.0422. The molecule has 2 aromatic heterocycles. The van der Waals surface area contributed by atoms with Crippen molar-refractivity contribution in [3.63, 3.8) is 0 Å². The number of pyridine rings is 2. The zero-order chi connectivity index (χ0) is 32.9.